The van der Waals surface area contributed by atoms with Crippen molar-refractivity contribution in [2.24, 2.45) is 0 Å². The Bertz CT molecular complexity index is 884. The minimum atomic E-state index is 0.125. The summed E-state index contributed by atoms with van der Waals surface area (Å²) in [5.41, 5.74) is 9.79. The van der Waals surface area contributed by atoms with Gasteiger partial charge in [-0.05, 0) is 74.3 Å². The van der Waals surface area contributed by atoms with Gasteiger partial charge in [0.05, 0.1) is 0 Å². The molecule has 0 atom stereocenters. The lowest BCUT2D eigenvalue weighted by atomic mass is 9.67. The van der Waals surface area contributed by atoms with Crippen molar-refractivity contribution in [1.82, 2.24) is 0 Å². The standard InChI is InChI=1S/C31H48/c1-28(2,3)24-19-14-13-16-22(24)17-15-18-23-20-21-25(29(4,5)6)27(31(10,11)12)26(23)30(7,8)9/h13-14,16,19-21H,15,17-18H2,1-12H3. The summed E-state index contributed by atoms with van der Waals surface area (Å²) in [5, 5.41) is 0. The summed E-state index contributed by atoms with van der Waals surface area (Å²) in [6, 6.07) is 13.9. The maximum Gasteiger partial charge on any atom is -0.0126 e. The van der Waals surface area contributed by atoms with E-state index in [4.69, 9.17) is 0 Å². The molecule has 0 aromatic heterocycles. The zero-order chi connectivity index (χ0) is 23.8. The molecule has 0 aliphatic rings. The van der Waals surface area contributed by atoms with Crippen molar-refractivity contribution in [3.05, 3.63) is 69.8 Å². The van der Waals surface area contributed by atoms with Crippen LogP contribution in [0.5, 0.6) is 0 Å². The van der Waals surface area contributed by atoms with E-state index in [2.05, 4.69) is 119 Å². The molecule has 2 aromatic rings. The molecule has 2 rings (SSSR count). The molecule has 0 heteroatoms. The minimum Gasteiger partial charge on any atom is -0.0620 e. The lowest BCUT2D eigenvalue weighted by Crippen LogP contribution is -2.29. The Balaban J connectivity index is 2.47. The van der Waals surface area contributed by atoms with E-state index in [1.807, 2.05) is 0 Å². The van der Waals surface area contributed by atoms with Crippen LogP contribution in [0.4, 0.5) is 0 Å². The molecule has 0 saturated carbocycles. The number of hydrogen-bond acceptors (Lipinski definition) is 0. The van der Waals surface area contributed by atoms with E-state index in [-0.39, 0.29) is 21.7 Å². The van der Waals surface area contributed by atoms with E-state index in [1.54, 1.807) is 16.7 Å². The Morgan fingerprint density at radius 2 is 0.935 bits per heavy atom. The fraction of sp³-hybridized carbons (Fsp3) is 0.613. The third-order valence-electron chi connectivity index (χ3n) is 6.32. The third kappa shape index (κ3) is 6.24. The smallest absolute Gasteiger partial charge is 0.0126 e. The average molecular weight is 421 g/mol. The summed E-state index contributed by atoms with van der Waals surface area (Å²) in [5.74, 6) is 0. The molecule has 0 N–H and O–H groups in total. The zero-order valence-corrected chi connectivity index (χ0v) is 22.6. The summed E-state index contributed by atoms with van der Waals surface area (Å²) in [6.45, 7) is 28.4. The third-order valence-corrected chi connectivity index (χ3v) is 6.32. The van der Waals surface area contributed by atoms with E-state index in [9.17, 15) is 0 Å². The first-order valence-corrected chi connectivity index (χ1v) is 12.2. The number of hydrogen-bond donors (Lipinski definition) is 0. The van der Waals surface area contributed by atoms with Gasteiger partial charge in [-0.3, -0.25) is 0 Å². The van der Waals surface area contributed by atoms with Gasteiger partial charge in [0.1, 0.15) is 0 Å². The van der Waals surface area contributed by atoms with Crippen LogP contribution in [0.1, 0.15) is 123 Å². The lowest BCUT2D eigenvalue weighted by Gasteiger charge is -2.38. The highest BCUT2D eigenvalue weighted by molar-refractivity contribution is 5.51. The van der Waals surface area contributed by atoms with Gasteiger partial charge in [0.15, 0.2) is 0 Å². The number of benzene rings is 2. The quantitative estimate of drug-likeness (QED) is 0.462. The average Bonchev–Trinajstić information content (AvgIpc) is 2.58. The molecule has 0 amide bonds. The first kappa shape index (κ1) is 25.7. The molecule has 0 heterocycles. The van der Waals surface area contributed by atoms with Gasteiger partial charge in [0, 0.05) is 0 Å². The van der Waals surface area contributed by atoms with E-state index < -0.39 is 0 Å². The highest BCUT2D eigenvalue weighted by Crippen LogP contribution is 2.42. The second-order valence-corrected chi connectivity index (χ2v) is 13.5. The monoisotopic (exact) mass is 420 g/mol. The van der Waals surface area contributed by atoms with Crippen molar-refractivity contribution < 1.29 is 0 Å². The van der Waals surface area contributed by atoms with E-state index in [1.165, 1.54) is 23.1 Å². The minimum absolute atomic E-state index is 0.125. The maximum atomic E-state index is 2.44. The van der Waals surface area contributed by atoms with Crippen LogP contribution in [-0.4, -0.2) is 0 Å². The van der Waals surface area contributed by atoms with E-state index in [0.29, 0.717) is 0 Å². The molecular weight excluding hydrogens is 372 g/mol. The van der Waals surface area contributed by atoms with Crippen molar-refractivity contribution in [1.29, 1.82) is 0 Å². The first-order valence-electron chi connectivity index (χ1n) is 12.2. The Morgan fingerprint density at radius 1 is 0.452 bits per heavy atom. The van der Waals surface area contributed by atoms with Gasteiger partial charge in [-0.25, -0.2) is 0 Å². The molecule has 0 aliphatic carbocycles. The molecule has 0 bridgehead atoms. The Labute approximate surface area is 193 Å². The fourth-order valence-electron chi connectivity index (χ4n) is 5.05. The van der Waals surface area contributed by atoms with Crippen LogP contribution in [-0.2, 0) is 34.5 Å². The Morgan fingerprint density at radius 3 is 1.42 bits per heavy atom. The lowest BCUT2D eigenvalue weighted by molar-refractivity contribution is 0.493. The Hall–Kier alpha value is -1.56. The van der Waals surface area contributed by atoms with Crippen LogP contribution in [0.15, 0.2) is 36.4 Å². The largest absolute Gasteiger partial charge is 0.0620 e. The van der Waals surface area contributed by atoms with Crippen LogP contribution >= 0.6 is 0 Å². The van der Waals surface area contributed by atoms with Crippen LogP contribution in [0, 0.1) is 0 Å². The van der Waals surface area contributed by atoms with Crippen LogP contribution < -0.4 is 0 Å². The number of aryl methyl sites for hydroxylation is 2. The molecule has 0 aliphatic heterocycles. The molecule has 172 valence electrons. The SMILES string of the molecule is CC(C)(C)c1ccccc1CCCc1ccc(C(C)(C)C)c(C(C)(C)C)c1C(C)(C)C. The normalized spacial score (nSPS) is 13.5. The van der Waals surface area contributed by atoms with Crippen molar-refractivity contribution >= 4 is 0 Å². The highest BCUT2D eigenvalue weighted by atomic mass is 14.4. The molecule has 0 radical (unpaired) electrons. The van der Waals surface area contributed by atoms with E-state index in [0.717, 1.165) is 12.8 Å². The maximum absolute atomic E-state index is 2.44. The summed E-state index contributed by atoms with van der Waals surface area (Å²) in [6.07, 6.45) is 3.47. The second-order valence-electron chi connectivity index (χ2n) is 13.5. The van der Waals surface area contributed by atoms with Gasteiger partial charge in [0.2, 0.25) is 0 Å². The highest BCUT2D eigenvalue weighted by Gasteiger charge is 2.33. The van der Waals surface area contributed by atoms with Gasteiger partial charge in [-0.2, -0.15) is 0 Å². The predicted molar refractivity (Wildman–Crippen MR) is 140 cm³/mol. The summed E-state index contributed by atoms with van der Waals surface area (Å²) < 4.78 is 0. The zero-order valence-electron chi connectivity index (χ0n) is 22.6. The topological polar surface area (TPSA) is 0 Å². The van der Waals surface area contributed by atoms with Crippen molar-refractivity contribution in [3.63, 3.8) is 0 Å². The van der Waals surface area contributed by atoms with Gasteiger partial charge in [0.25, 0.3) is 0 Å². The molecule has 0 nitrogen and oxygen atoms in total. The number of rotatable bonds is 4. The summed E-state index contributed by atoms with van der Waals surface area (Å²) in [7, 11) is 0. The summed E-state index contributed by atoms with van der Waals surface area (Å²) in [4.78, 5) is 0. The molecular formula is C31H48. The fourth-order valence-corrected chi connectivity index (χ4v) is 5.05. The van der Waals surface area contributed by atoms with E-state index >= 15 is 0 Å². The van der Waals surface area contributed by atoms with Crippen molar-refractivity contribution in [2.75, 3.05) is 0 Å². The first-order chi connectivity index (χ1) is 13.9. The van der Waals surface area contributed by atoms with Gasteiger partial charge in [-0.1, -0.05) is 119 Å². The molecule has 0 unspecified atom stereocenters. The van der Waals surface area contributed by atoms with Crippen molar-refractivity contribution in [3.8, 4) is 0 Å². The molecule has 2 aromatic carbocycles. The molecule has 0 spiro atoms. The van der Waals surface area contributed by atoms with Crippen molar-refractivity contribution in [2.45, 2.75) is 124 Å². The molecule has 0 saturated heterocycles. The Kier molecular flexibility index (Phi) is 7.26. The second kappa shape index (κ2) is 8.76. The van der Waals surface area contributed by atoms with Gasteiger partial charge >= 0.3 is 0 Å². The summed E-state index contributed by atoms with van der Waals surface area (Å²) >= 11 is 0. The van der Waals surface area contributed by atoms with Crippen LogP contribution in [0.3, 0.4) is 0 Å². The van der Waals surface area contributed by atoms with Gasteiger partial charge < -0.3 is 0 Å². The van der Waals surface area contributed by atoms with Crippen LogP contribution in [0.25, 0.3) is 0 Å². The van der Waals surface area contributed by atoms with Gasteiger partial charge in [-0.15, -0.1) is 0 Å². The molecule has 0 fully saturated rings. The molecule has 31 heavy (non-hydrogen) atoms. The van der Waals surface area contributed by atoms with Crippen LogP contribution in [0.2, 0.25) is 0 Å². The predicted octanol–water partition coefficient (Wildman–Crippen LogP) is 9.05.